The average Bonchev–Trinajstić information content (AvgIpc) is 1.55. The van der Waals surface area contributed by atoms with Crippen molar-refractivity contribution < 1.29 is 0 Å². The highest BCUT2D eigenvalue weighted by Gasteiger charge is 2.48. The van der Waals surface area contributed by atoms with Crippen LogP contribution in [0.25, 0.3) is 135 Å². The molecular weight excluding hydrogens is 1320 g/mol. The lowest BCUT2D eigenvalue weighted by molar-refractivity contribution is 0.769. The first kappa shape index (κ1) is 66.0. The van der Waals surface area contributed by atoms with Crippen LogP contribution >= 0.6 is 0 Å². The third-order valence-electron chi connectivity index (χ3n) is 22.5. The molecule has 17 aromatic rings. The predicted molar refractivity (Wildman–Crippen MR) is 444 cm³/mol. The number of pyridine rings is 2. The van der Waals surface area contributed by atoms with Gasteiger partial charge in [-0.15, -0.1) is 0 Å². The monoisotopic (exact) mass is 1400 g/mol. The molecule has 0 amide bonds. The molecule has 0 bridgehead atoms. The van der Waals surface area contributed by atoms with E-state index in [2.05, 4.69) is 373 Å². The summed E-state index contributed by atoms with van der Waals surface area (Å²) in [6.45, 7) is 10.6. The van der Waals surface area contributed by atoms with Crippen molar-refractivity contribution in [2.75, 3.05) is 0 Å². The van der Waals surface area contributed by atoms with Gasteiger partial charge in [0.25, 0.3) is 0 Å². The summed E-state index contributed by atoms with van der Waals surface area (Å²) in [6, 6.07) is 121. The highest BCUT2D eigenvalue weighted by Crippen LogP contribution is 2.60. The number of hydrogen-bond acceptors (Lipinski definition) is 7. The highest BCUT2D eigenvalue weighted by atomic mass is 15.0. The maximum Gasteiger partial charge on any atom is 0.164 e. The molecule has 2 aliphatic carbocycles. The molecule has 4 aromatic heterocycles. The minimum atomic E-state index is -0.666. The zero-order chi connectivity index (χ0) is 73.3. The Labute approximate surface area is 635 Å². The molecular formula is C102H73N7. The van der Waals surface area contributed by atoms with Gasteiger partial charge in [0.05, 0.1) is 22.2 Å². The molecule has 4 heterocycles. The Morgan fingerprint density at radius 3 is 1.45 bits per heavy atom. The van der Waals surface area contributed by atoms with Gasteiger partial charge in [0.15, 0.2) is 23.3 Å². The van der Waals surface area contributed by atoms with Crippen LogP contribution in [0.15, 0.2) is 352 Å². The lowest BCUT2D eigenvalue weighted by Gasteiger charge is -2.34. The number of aryl methyl sites for hydroxylation is 4. The topological polar surface area (TPSA) is 90.2 Å². The first-order valence-electron chi connectivity index (χ1n) is 37.3. The summed E-state index contributed by atoms with van der Waals surface area (Å²) >= 11 is 0. The van der Waals surface area contributed by atoms with Crippen molar-refractivity contribution in [2.45, 2.75) is 45.4 Å². The van der Waals surface area contributed by atoms with Crippen LogP contribution < -0.4 is 0 Å². The summed E-state index contributed by atoms with van der Waals surface area (Å²) in [6.07, 6.45) is 5.90. The van der Waals surface area contributed by atoms with Gasteiger partial charge >= 0.3 is 0 Å². The molecule has 0 saturated carbocycles. The molecule has 109 heavy (non-hydrogen) atoms. The van der Waals surface area contributed by atoms with E-state index in [-0.39, 0.29) is 0 Å². The summed E-state index contributed by atoms with van der Waals surface area (Å²) in [5.41, 5.74) is 34.8. The molecule has 2 unspecified atom stereocenters. The summed E-state index contributed by atoms with van der Waals surface area (Å²) in [5, 5.41) is 0. The average molecular weight is 1400 g/mol. The fraction of sp³-hybridized carbons (Fsp3) is 0.0686. The normalized spacial score (nSPS) is 14.5. The van der Waals surface area contributed by atoms with Crippen molar-refractivity contribution in [1.29, 1.82) is 0 Å². The quantitative estimate of drug-likeness (QED) is 0.107. The minimum Gasteiger partial charge on any atom is -0.264 e. The second-order valence-corrected chi connectivity index (χ2v) is 29.0. The zero-order valence-electron chi connectivity index (χ0n) is 61.1. The van der Waals surface area contributed by atoms with E-state index in [0.29, 0.717) is 23.3 Å². The Hall–Kier alpha value is -13.8. The third-order valence-corrected chi connectivity index (χ3v) is 22.5. The second kappa shape index (κ2) is 27.0. The Balaban J connectivity index is 0.674. The van der Waals surface area contributed by atoms with E-state index in [1.54, 1.807) is 0 Å². The molecule has 19 rings (SSSR count). The second-order valence-electron chi connectivity index (χ2n) is 29.0. The number of hydrogen-bond donors (Lipinski definition) is 0. The molecule has 0 saturated heterocycles. The lowest BCUT2D eigenvalue weighted by Crippen LogP contribution is -2.28. The smallest absolute Gasteiger partial charge is 0.164 e. The SMILES string of the molecule is Cc1cncc(-c2ccccc2-c2cccc(C3(c4ccccc4)c4ccccc4-c4cc(-c5nc(-c6ccc(-c7cccc(-c8nc(C)cc(-c9cccc%10c9-c9ccccc9C%10(c9ccccc9)c9cccc(-c%10cc(C)c(-c%11ccccc%11)cn%10)c9)n8)c7)cc6)nc(-c6cccc(C)c6C)n5)ccc43)c2)c1. The van der Waals surface area contributed by atoms with Crippen LogP contribution in [-0.4, -0.2) is 34.9 Å². The van der Waals surface area contributed by atoms with Gasteiger partial charge in [-0.05, 0) is 199 Å². The fourth-order valence-corrected chi connectivity index (χ4v) is 17.3. The number of benzene rings is 13. The number of aromatic nitrogens is 7. The molecule has 0 radical (unpaired) electrons. The fourth-order valence-electron chi connectivity index (χ4n) is 17.3. The van der Waals surface area contributed by atoms with E-state index in [0.717, 1.165) is 123 Å². The first-order chi connectivity index (χ1) is 53.6. The molecule has 13 aromatic carbocycles. The van der Waals surface area contributed by atoms with Crippen LogP contribution in [0.1, 0.15) is 72.5 Å². The van der Waals surface area contributed by atoms with E-state index in [4.69, 9.17) is 29.9 Å². The standard InChI is InChI=1S/C102H73N7/c1-64-54-77(62-103-61-64)84-40-16-15-39-83(84)73-30-23-37-80(58-73)101(78-33-11-7-12-34-78)90-45-19-17-41-85(90)88-60-76(52-53-92(88)101)99-107-97(108-100(109-99)82-43-21-26-65(2)68(82)5)71-50-48-69(49-51-71)72-29-22-32-75(57-72)98-105-67(4)56-95(106-98)87-44-25-47-93-96(87)86-42-18-20-46-91(86)102(93,79-35-13-8-14-36-79)81-38-24-31-74(59-81)94-55-66(3)89(63-104-94)70-27-9-6-10-28-70/h6-63H,1-5H3. The lowest BCUT2D eigenvalue weighted by atomic mass is 9.67. The van der Waals surface area contributed by atoms with Gasteiger partial charge in [0.1, 0.15) is 0 Å². The van der Waals surface area contributed by atoms with Crippen molar-refractivity contribution in [3.63, 3.8) is 0 Å². The van der Waals surface area contributed by atoms with Gasteiger partial charge in [0.2, 0.25) is 0 Å². The Kier molecular flexibility index (Phi) is 16.3. The van der Waals surface area contributed by atoms with Crippen LogP contribution in [0.3, 0.4) is 0 Å². The molecule has 0 aliphatic heterocycles. The Morgan fingerprint density at radius 1 is 0.229 bits per heavy atom. The van der Waals surface area contributed by atoms with E-state index < -0.39 is 10.8 Å². The summed E-state index contributed by atoms with van der Waals surface area (Å²) in [5.74, 6) is 2.45. The molecule has 2 aliphatic rings. The Morgan fingerprint density at radius 2 is 0.725 bits per heavy atom. The van der Waals surface area contributed by atoms with Gasteiger partial charge in [-0.1, -0.05) is 291 Å². The van der Waals surface area contributed by atoms with Gasteiger partial charge < -0.3 is 0 Å². The molecule has 516 valence electrons. The number of nitrogens with zero attached hydrogens (tertiary/aromatic N) is 7. The van der Waals surface area contributed by atoms with Crippen LogP contribution in [0.5, 0.6) is 0 Å². The van der Waals surface area contributed by atoms with Crippen LogP contribution in [-0.2, 0) is 10.8 Å². The molecule has 2 atom stereocenters. The largest absolute Gasteiger partial charge is 0.264 e. The maximum atomic E-state index is 5.52. The zero-order valence-corrected chi connectivity index (χ0v) is 61.1. The van der Waals surface area contributed by atoms with Crippen LogP contribution in [0.2, 0.25) is 0 Å². The van der Waals surface area contributed by atoms with E-state index in [1.165, 1.54) is 61.2 Å². The molecule has 0 spiro atoms. The summed E-state index contributed by atoms with van der Waals surface area (Å²) < 4.78 is 0. The summed E-state index contributed by atoms with van der Waals surface area (Å²) in [7, 11) is 0. The molecule has 0 N–H and O–H groups in total. The van der Waals surface area contributed by atoms with Crippen LogP contribution in [0.4, 0.5) is 0 Å². The minimum absolute atomic E-state index is 0.585. The molecule has 7 nitrogen and oxygen atoms in total. The van der Waals surface area contributed by atoms with E-state index in [1.807, 2.05) is 18.6 Å². The summed E-state index contributed by atoms with van der Waals surface area (Å²) in [4.78, 5) is 36.6. The molecule has 7 heteroatoms. The third kappa shape index (κ3) is 11.2. The van der Waals surface area contributed by atoms with E-state index >= 15 is 0 Å². The highest BCUT2D eigenvalue weighted by molar-refractivity contribution is 5.96. The van der Waals surface area contributed by atoms with Gasteiger partial charge in [-0.2, -0.15) is 0 Å². The van der Waals surface area contributed by atoms with E-state index in [9.17, 15) is 0 Å². The first-order valence-corrected chi connectivity index (χ1v) is 37.3. The van der Waals surface area contributed by atoms with Gasteiger partial charge in [-0.3, -0.25) is 9.97 Å². The van der Waals surface area contributed by atoms with Crippen molar-refractivity contribution in [2.24, 2.45) is 0 Å². The van der Waals surface area contributed by atoms with Gasteiger partial charge in [0, 0.05) is 68.8 Å². The predicted octanol–water partition coefficient (Wildman–Crippen LogP) is 24.4. The Bertz CT molecular complexity index is 6430. The van der Waals surface area contributed by atoms with Crippen molar-refractivity contribution in [1.82, 2.24) is 34.9 Å². The van der Waals surface area contributed by atoms with Gasteiger partial charge in [-0.25, -0.2) is 24.9 Å². The van der Waals surface area contributed by atoms with Crippen molar-refractivity contribution in [3.05, 3.63) is 425 Å². The maximum absolute atomic E-state index is 5.52. The van der Waals surface area contributed by atoms with Crippen molar-refractivity contribution in [3.8, 4) is 135 Å². The number of fused-ring (bicyclic) bond motifs is 6. The molecule has 0 fully saturated rings. The van der Waals surface area contributed by atoms with Crippen molar-refractivity contribution >= 4 is 0 Å². The number of rotatable bonds is 14. The van der Waals surface area contributed by atoms with Crippen LogP contribution in [0, 0.1) is 34.6 Å².